The molecule has 0 saturated heterocycles. The maximum Gasteiger partial charge on any atom is 0.343 e. The van der Waals surface area contributed by atoms with Crippen molar-refractivity contribution in [2.75, 3.05) is 0 Å². The lowest BCUT2D eigenvalue weighted by molar-refractivity contribution is -0.114. The Morgan fingerprint density at radius 2 is 1.70 bits per heavy atom. The van der Waals surface area contributed by atoms with Crippen molar-refractivity contribution >= 4 is 29.6 Å². The molecule has 0 aliphatic heterocycles. The molecule has 2 aromatic carbocycles. The van der Waals surface area contributed by atoms with Crippen LogP contribution in [-0.2, 0) is 4.79 Å². The van der Waals surface area contributed by atoms with E-state index in [4.69, 9.17) is 27.3 Å². The zero-order chi connectivity index (χ0) is 16.8. The maximum atomic E-state index is 11.9. The van der Waals surface area contributed by atoms with Gasteiger partial charge in [-0.25, -0.2) is 4.79 Å². The van der Waals surface area contributed by atoms with Gasteiger partial charge in [0, 0.05) is 5.02 Å². The van der Waals surface area contributed by atoms with Gasteiger partial charge in [-0.15, -0.1) is 0 Å². The average molecular weight is 327 g/mol. The fourth-order valence-corrected chi connectivity index (χ4v) is 1.84. The second-order valence-electron chi connectivity index (χ2n) is 4.50. The molecule has 2 aromatic rings. The van der Waals surface area contributed by atoms with E-state index in [2.05, 4.69) is 0 Å². The fourth-order valence-electron chi connectivity index (χ4n) is 1.71. The van der Waals surface area contributed by atoms with Crippen LogP contribution in [0.4, 0.5) is 0 Å². The minimum atomic E-state index is -0.800. The molecule has 0 unspecified atom stereocenters. The highest BCUT2D eigenvalue weighted by molar-refractivity contribution is 6.30. The smallest absolute Gasteiger partial charge is 0.343 e. The molecule has 0 aliphatic carbocycles. The number of ether oxygens (including phenoxy) is 1. The highest BCUT2D eigenvalue weighted by Crippen LogP contribution is 2.17. The Hall–Kier alpha value is -3.10. The van der Waals surface area contributed by atoms with E-state index in [1.54, 1.807) is 54.6 Å². The van der Waals surface area contributed by atoms with E-state index in [-0.39, 0.29) is 5.57 Å². The Morgan fingerprint density at radius 1 is 1.09 bits per heavy atom. The number of nitrogens with zero attached hydrogens (tertiary/aromatic N) is 1. The third-order valence-electron chi connectivity index (χ3n) is 2.87. The van der Waals surface area contributed by atoms with Gasteiger partial charge in [0.25, 0.3) is 5.91 Å². The number of hydrogen-bond donors (Lipinski definition) is 1. The molecule has 0 heterocycles. The molecule has 0 spiro atoms. The summed E-state index contributed by atoms with van der Waals surface area (Å²) in [4.78, 5) is 22.9. The van der Waals surface area contributed by atoms with Gasteiger partial charge in [0.15, 0.2) is 0 Å². The molecule has 0 saturated carbocycles. The van der Waals surface area contributed by atoms with Crippen molar-refractivity contribution in [2.24, 2.45) is 5.73 Å². The summed E-state index contributed by atoms with van der Waals surface area (Å²) < 4.78 is 5.21. The molecule has 0 aromatic heterocycles. The zero-order valence-corrected chi connectivity index (χ0v) is 12.6. The highest BCUT2D eigenvalue weighted by Gasteiger charge is 2.08. The van der Waals surface area contributed by atoms with Crippen molar-refractivity contribution in [3.05, 3.63) is 70.3 Å². The maximum absolute atomic E-state index is 11.9. The van der Waals surface area contributed by atoms with E-state index in [1.165, 1.54) is 6.08 Å². The van der Waals surface area contributed by atoms with Gasteiger partial charge in [0.1, 0.15) is 17.4 Å². The summed E-state index contributed by atoms with van der Waals surface area (Å²) >= 11 is 5.76. The summed E-state index contributed by atoms with van der Waals surface area (Å²) in [5.74, 6) is -0.981. The van der Waals surface area contributed by atoms with Gasteiger partial charge in [-0.2, -0.15) is 5.26 Å². The Balaban J connectivity index is 2.11. The standard InChI is InChI=1S/C17H11ClN2O3/c18-14-5-3-12(4-6-14)17(22)23-15-7-1-11(2-8-15)9-13(10-19)16(20)21/h1-9H,(H2,20,21)/b13-9+. The van der Waals surface area contributed by atoms with Crippen LogP contribution in [-0.4, -0.2) is 11.9 Å². The molecule has 0 bridgehead atoms. The van der Waals surface area contributed by atoms with Gasteiger partial charge in [-0.05, 0) is 48.0 Å². The molecule has 0 radical (unpaired) electrons. The van der Waals surface area contributed by atoms with E-state index >= 15 is 0 Å². The van der Waals surface area contributed by atoms with E-state index in [9.17, 15) is 9.59 Å². The van der Waals surface area contributed by atoms with Crippen molar-refractivity contribution in [1.82, 2.24) is 0 Å². The first-order valence-electron chi connectivity index (χ1n) is 6.49. The second-order valence-corrected chi connectivity index (χ2v) is 4.94. The Bertz CT molecular complexity index is 803. The fraction of sp³-hybridized carbons (Fsp3) is 0. The van der Waals surface area contributed by atoms with Crippen LogP contribution in [0, 0.1) is 11.3 Å². The van der Waals surface area contributed by atoms with Gasteiger partial charge >= 0.3 is 5.97 Å². The lowest BCUT2D eigenvalue weighted by Crippen LogP contribution is -2.12. The van der Waals surface area contributed by atoms with Gasteiger partial charge in [-0.1, -0.05) is 23.7 Å². The first kappa shape index (κ1) is 16.3. The third-order valence-corrected chi connectivity index (χ3v) is 3.12. The number of carbonyl (C=O) groups excluding carboxylic acids is 2. The van der Waals surface area contributed by atoms with Crippen LogP contribution < -0.4 is 10.5 Å². The SMILES string of the molecule is N#C/C(=C\c1ccc(OC(=O)c2ccc(Cl)cc2)cc1)C(N)=O. The second kappa shape index (κ2) is 7.25. The molecule has 2 N–H and O–H groups in total. The van der Waals surface area contributed by atoms with Crippen LogP contribution >= 0.6 is 11.6 Å². The van der Waals surface area contributed by atoms with E-state index in [0.29, 0.717) is 21.9 Å². The predicted molar refractivity (Wildman–Crippen MR) is 85.6 cm³/mol. The average Bonchev–Trinajstić information content (AvgIpc) is 2.54. The van der Waals surface area contributed by atoms with Crippen LogP contribution in [0.2, 0.25) is 5.02 Å². The minimum Gasteiger partial charge on any atom is -0.423 e. The van der Waals surface area contributed by atoms with Crippen LogP contribution in [0.3, 0.4) is 0 Å². The number of halogens is 1. The Kier molecular flexibility index (Phi) is 5.13. The highest BCUT2D eigenvalue weighted by atomic mass is 35.5. The number of nitriles is 1. The lowest BCUT2D eigenvalue weighted by atomic mass is 10.1. The van der Waals surface area contributed by atoms with Crippen molar-refractivity contribution in [3.63, 3.8) is 0 Å². The summed E-state index contributed by atoms with van der Waals surface area (Å²) in [5, 5.41) is 9.31. The first-order chi connectivity index (χ1) is 11.0. The monoisotopic (exact) mass is 326 g/mol. The number of nitrogens with two attached hydrogens (primary N) is 1. The largest absolute Gasteiger partial charge is 0.423 e. The number of esters is 1. The van der Waals surface area contributed by atoms with Crippen LogP contribution in [0.5, 0.6) is 5.75 Å². The molecule has 1 amide bonds. The van der Waals surface area contributed by atoms with Gasteiger partial charge in [0.2, 0.25) is 0 Å². The number of rotatable bonds is 4. The number of primary amides is 1. The molecule has 5 nitrogen and oxygen atoms in total. The molecule has 0 aliphatic rings. The molecule has 6 heteroatoms. The third kappa shape index (κ3) is 4.43. The summed E-state index contributed by atoms with van der Waals surface area (Å²) in [5.41, 5.74) is 5.86. The van der Waals surface area contributed by atoms with Crippen LogP contribution in [0.25, 0.3) is 6.08 Å². The van der Waals surface area contributed by atoms with Crippen molar-refractivity contribution < 1.29 is 14.3 Å². The minimum absolute atomic E-state index is 0.157. The summed E-state index contributed by atoms with van der Waals surface area (Å²) in [6, 6.07) is 14.3. The Labute approximate surface area is 137 Å². The first-order valence-corrected chi connectivity index (χ1v) is 6.87. The molecule has 114 valence electrons. The molecule has 2 rings (SSSR count). The van der Waals surface area contributed by atoms with E-state index < -0.39 is 11.9 Å². The van der Waals surface area contributed by atoms with Crippen molar-refractivity contribution in [2.45, 2.75) is 0 Å². The quantitative estimate of drug-likeness (QED) is 0.404. The van der Waals surface area contributed by atoms with Crippen molar-refractivity contribution in [1.29, 1.82) is 5.26 Å². The number of benzene rings is 2. The molecular formula is C17H11ClN2O3. The van der Waals surface area contributed by atoms with Crippen LogP contribution in [0.15, 0.2) is 54.1 Å². The van der Waals surface area contributed by atoms with Gasteiger partial charge in [-0.3, -0.25) is 4.79 Å². The Morgan fingerprint density at radius 3 is 2.22 bits per heavy atom. The summed E-state index contributed by atoms with van der Waals surface area (Å²) in [6.07, 6.45) is 1.35. The number of hydrogen-bond acceptors (Lipinski definition) is 4. The molecule has 0 fully saturated rings. The molecular weight excluding hydrogens is 316 g/mol. The summed E-state index contributed by atoms with van der Waals surface area (Å²) in [6.45, 7) is 0. The number of amides is 1. The van der Waals surface area contributed by atoms with E-state index in [0.717, 1.165) is 0 Å². The van der Waals surface area contributed by atoms with Crippen molar-refractivity contribution in [3.8, 4) is 11.8 Å². The van der Waals surface area contributed by atoms with E-state index in [1.807, 2.05) is 0 Å². The zero-order valence-electron chi connectivity index (χ0n) is 11.8. The van der Waals surface area contributed by atoms with Crippen LogP contribution in [0.1, 0.15) is 15.9 Å². The predicted octanol–water partition coefficient (Wildman–Crippen LogP) is 2.95. The van der Waals surface area contributed by atoms with Gasteiger partial charge < -0.3 is 10.5 Å². The molecule has 0 atom stereocenters. The lowest BCUT2D eigenvalue weighted by Gasteiger charge is -2.05. The number of carbonyl (C=O) groups is 2. The topological polar surface area (TPSA) is 93.2 Å². The molecule has 23 heavy (non-hydrogen) atoms. The normalized spacial score (nSPS) is 10.7. The van der Waals surface area contributed by atoms with Gasteiger partial charge in [0.05, 0.1) is 5.56 Å². The summed E-state index contributed by atoms with van der Waals surface area (Å²) in [7, 11) is 0.